The number of halogens is 1. The number of carbonyl (C=O) groups is 1. The Bertz CT molecular complexity index is 1210. The maximum absolute atomic E-state index is 14.5. The van der Waals surface area contributed by atoms with Crippen LogP contribution in [0.1, 0.15) is 43.0 Å². The van der Waals surface area contributed by atoms with Gasteiger partial charge in [0.2, 0.25) is 10.0 Å². The smallest absolute Gasteiger partial charge is 0.250 e. The Kier molecular flexibility index (Phi) is 6.46. The van der Waals surface area contributed by atoms with Crippen LogP contribution >= 0.6 is 0 Å². The van der Waals surface area contributed by atoms with Crippen LogP contribution in [0.3, 0.4) is 0 Å². The van der Waals surface area contributed by atoms with Gasteiger partial charge < -0.3 is 10.1 Å². The van der Waals surface area contributed by atoms with Gasteiger partial charge >= 0.3 is 0 Å². The maximum atomic E-state index is 14.5. The Morgan fingerprint density at radius 1 is 1.25 bits per heavy atom. The molecule has 170 valence electrons. The zero-order chi connectivity index (χ0) is 23.7. The van der Waals surface area contributed by atoms with Crippen LogP contribution in [0.2, 0.25) is 0 Å². The molecule has 2 aromatic rings. The second-order valence-electron chi connectivity index (χ2n) is 8.76. The van der Waals surface area contributed by atoms with Gasteiger partial charge in [-0.15, -0.1) is 0 Å². The molecule has 2 N–H and O–H groups in total. The van der Waals surface area contributed by atoms with Gasteiger partial charge in [0.1, 0.15) is 18.2 Å². The van der Waals surface area contributed by atoms with Crippen LogP contribution in [0.25, 0.3) is 12.2 Å². The number of rotatable bonds is 6. The second-order valence-corrected chi connectivity index (χ2v) is 10.5. The van der Waals surface area contributed by atoms with Crippen molar-refractivity contribution >= 4 is 33.8 Å². The zero-order valence-electron chi connectivity index (χ0n) is 18.6. The summed E-state index contributed by atoms with van der Waals surface area (Å²) in [5, 5.41) is 2.75. The first-order chi connectivity index (χ1) is 14.9. The lowest BCUT2D eigenvalue weighted by Crippen LogP contribution is -2.28. The molecule has 0 atom stereocenters. The fourth-order valence-corrected chi connectivity index (χ4v) is 3.89. The molecule has 1 amide bonds. The second kappa shape index (κ2) is 8.78. The SMILES string of the molecule is C=Cc1cc(CNC(=O)C2=Cc3ccc(C(C)(C)C)cc3OC2)cc(F)c1NS(C)(=O)=O. The third kappa shape index (κ3) is 5.56. The van der Waals surface area contributed by atoms with E-state index in [1.165, 1.54) is 12.1 Å². The fourth-order valence-electron chi connectivity index (χ4n) is 3.30. The molecule has 32 heavy (non-hydrogen) atoms. The summed E-state index contributed by atoms with van der Waals surface area (Å²) >= 11 is 0. The van der Waals surface area contributed by atoms with Gasteiger partial charge in [-0.3, -0.25) is 9.52 Å². The molecule has 1 heterocycles. The van der Waals surface area contributed by atoms with Crippen molar-refractivity contribution in [1.29, 1.82) is 0 Å². The molecule has 0 unspecified atom stereocenters. The molecule has 0 fully saturated rings. The summed E-state index contributed by atoms with van der Waals surface area (Å²) in [6.07, 6.45) is 4.08. The highest BCUT2D eigenvalue weighted by Crippen LogP contribution is 2.32. The lowest BCUT2D eigenvalue weighted by Gasteiger charge is -2.23. The lowest BCUT2D eigenvalue weighted by atomic mass is 9.86. The highest BCUT2D eigenvalue weighted by Gasteiger charge is 2.21. The zero-order valence-corrected chi connectivity index (χ0v) is 19.4. The van der Waals surface area contributed by atoms with Crippen molar-refractivity contribution in [2.24, 2.45) is 0 Å². The van der Waals surface area contributed by atoms with E-state index in [1.807, 2.05) is 18.2 Å². The van der Waals surface area contributed by atoms with Crippen molar-refractivity contribution in [3.05, 3.63) is 70.6 Å². The van der Waals surface area contributed by atoms with Crippen LogP contribution in [-0.2, 0) is 26.8 Å². The third-order valence-electron chi connectivity index (χ3n) is 5.03. The third-order valence-corrected chi connectivity index (χ3v) is 5.60. The molecule has 0 aromatic heterocycles. The first-order valence-corrected chi connectivity index (χ1v) is 12.0. The quantitative estimate of drug-likeness (QED) is 0.679. The van der Waals surface area contributed by atoms with Crippen LogP contribution in [0, 0.1) is 5.82 Å². The average molecular weight is 459 g/mol. The highest BCUT2D eigenvalue weighted by atomic mass is 32.2. The van der Waals surface area contributed by atoms with Crippen LogP contribution in [-0.4, -0.2) is 27.2 Å². The van der Waals surface area contributed by atoms with Gasteiger partial charge in [0.15, 0.2) is 0 Å². The Morgan fingerprint density at radius 2 is 1.97 bits per heavy atom. The Labute approximate surface area is 188 Å². The van der Waals surface area contributed by atoms with E-state index >= 15 is 0 Å². The summed E-state index contributed by atoms with van der Waals surface area (Å²) in [6.45, 7) is 10.2. The number of fused-ring (bicyclic) bond motifs is 1. The van der Waals surface area contributed by atoms with E-state index in [-0.39, 0.29) is 35.7 Å². The molecule has 0 spiro atoms. The van der Waals surface area contributed by atoms with E-state index in [0.717, 1.165) is 23.1 Å². The van der Waals surface area contributed by atoms with Crippen LogP contribution in [0.4, 0.5) is 10.1 Å². The molecule has 0 radical (unpaired) electrons. The van der Waals surface area contributed by atoms with E-state index in [9.17, 15) is 17.6 Å². The maximum Gasteiger partial charge on any atom is 0.250 e. The molecule has 2 aromatic carbocycles. The van der Waals surface area contributed by atoms with Gasteiger partial charge in [-0.05, 0) is 40.8 Å². The number of anilines is 1. The predicted octanol–water partition coefficient (Wildman–Crippen LogP) is 4.23. The van der Waals surface area contributed by atoms with Crippen molar-refractivity contribution < 1.29 is 22.3 Å². The number of nitrogens with one attached hydrogen (secondary N) is 2. The highest BCUT2D eigenvalue weighted by molar-refractivity contribution is 7.92. The fraction of sp³-hybridized carbons (Fsp3) is 0.292. The molecule has 0 saturated carbocycles. The Morgan fingerprint density at radius 3 is 2.59 bits per heavy atom. The molecule has 1 aliphatic heterocycles. The van der Waals surface area contributed by atoms with E-state index < -0.39 is 15.8 Å². The summed E-state index contributed by atoms with van der Waals surface area (Å²) in [5.41, 5.74) is 3.00. The molecule has 0 aliphatic carbocycles. The largest absolute Gasteiger partial charge is 0.488 e. The normalized spacial score (nSPS) is 13.5. The number of ether oxygens (including phenoxy) is 1. The number of sulfonamides is 1. The summed E-state index contributed by atoms with van der Waals surface area (Å²) in [5.74, 6) is -0.337. The van der Waals surface area contributed by atoms with Crippen molar-refractivity contribution in [3.63, 3.8) is 0 Å². The van der Waals surface area contributed by atoms with Crippen molar-refractivity contribution in [2.75, 3.05) is 17.6 Å². The summed E-state index contributed by atoms with van der Waals surface area (Å²) in [6, 6.07) is 8.69. The molecular weight excluding hydrogens is 431 g/mol. The van der Waals surface area contributed by atoms with Crippen molar-refractivity contribution in [2.45, 2.75) is 32.7 Å². The molecule has 0 saturated heterocycles. The van der Waals surface area contributed by atoms with Crippen LogP contribution < -0.4 is 14.8 Å². The number of benzene rings is 2. The molecule has 8 heteroatoms. The number of amides is 1. The Hall–Kier alpha value is -3.13. The topological polar surface area (TPSA) is 84.5 Å². The number of carbonyl (C=O) groups excluding carboxylic acids is 1. The van der Waals surface area contributed by atoms with Crippen molar-refractivity contribution in [1.82, 2.24) is 5.32 Å². The van der Waals surface area contributed by atoms with Gasteiger partial charge in [-0.25, -0.2) is 12.8 Å². The molecule has 6 nitrogen and oxygen atoms in total. The molecule has 1 aliphatic rings. The van der Waals surface area contributed by atoms with E-state index in [4.69, 9.17) is 4.74 Å². The molecular formula is C24H27FN2O4S. The first-order valence-electron chi connectivity index (χ1n) is 10.1. The van der Waals surface area contributed by atoms with Crippen LogP contribution in [0.15, 0.2) is 42.5 Å². The molecule has 3 rings (SSSR count). The summed E-state index contributed by atoms with van der Waals surface area (Å²) in [4.78, 5) is 12.6. The minimum Gasteiger partial charge on any atom is -0.488 e. The summed E-state index contributed by atoms with van der Waals surface area (Å²) < 4.78 is 45.3. The van der Waals surface area contributed by atoms with Gasteiger partial charge in [-0.1, -0.05) is 45.6 Å². The first kappa shape index (κ1) is 23.5. The van der Waals surface area contributed by atoms with Gasteiger partial charge in [-0.2, -0.15) is 0 Å². The van der Waals surface area contributed by atoms with Gasteiger partial charge in [0.25, 0.3) is 5.91 Å². The minimum atomic E-state index is -3.65. The monoisotopic (exact) mass is 458 g/mol. The van der Waals surface area contributed by atoms with Crippen molar-refractivity contribution in [3.8, 4) is 5.75 Å². The van der Waals surface area contributed by atoms with E-state index in [2.05, 4.69) is 37.4 Å². The predicted molar refractivity (Wildman–Crippen MR) is 125 cm³/mol. The van der Waals surface area contributed by atoms with E-state index in [0.29, 0.717) is 11.1 Å². The lowest BCUT2D eigenvalue weighted by molar-refractivity contribution is -0.117. The molecule has 0 bridgehead atoms. The van der Waals surface area contributed by atoms with Gasteiger partial charge in [0.05, 0.1) is 17.5 Å². The number of hydrogen-bond donors (Lipinski definition) is 2. The Balaban J connectivity index is 1.74. The summed E-state index contributed by atoms with van der Waals surface area (Å²) in [7, 11) is -3.65. The van der Waals surface area contributed by atoms with Crippen LogP contribution in [0.5, 0.6) is 5.75 Å². The minimum absolute atomic E-state index is 0.00823. The standard InChI is InChI=1S/C24H27FN2O4S/c1-6-16-9-15(10-20(25)22(16)27-32(5,29)30)13-26-23(28)18-11-17-7-8-19(24(2,3)4)12-21(17)31-14-18/h6-12,27H,1,13-14H2,2-5H3,(H,26,28). The average Bonchev–Trinajstić information content (AvgIpc) is 2.71. The number of hydrogen-bond acceptors (Lipinski definition) is 4. The van der Waals surface area contributed by atoms with Gasteiger partial charge in [0, 0.05) is 17.7 Å². The van der Waals surface area contributed by atoms with E-state index in [1.54, 1.807) is 12.1 Å².